The average Bonchev–Trinajstić information content (AvgIpc) is 2.85. The van der Waals surface area contributed by atoms with Crippen LogP contribution >= 0.6 is 0 Å². The first kappa shape index (κ1) is 17.1. The molecular formula is C25H34. The first-order chi connectivity index (χ1) is 11.8. The van der Waals surface area contributed by atoms with Gasteiger partial charge in [0, 0.05) is 5.41 Å². The molecule has 6 atom stereocenters. The van der Waals surface area contributed by atoms with Crippen LogP contribution in [0.25, 0.3) is 0 Å². The molecular weight excluding hydrogens is 300 g/mol. The van der Waals surface area contributed by atoms with Gasteiger partial charge in [-0.2, -0.15) is 0 Å². The molecule has 0 amide bonds. The van der Waals surface area contributed by atoms with E-state index in [9.17, 15) is 0 Å². The summed E-state index contributed by atoms with van der Waals surface area (Å²) in [5.41, 5.74) is 6.53. The van der Waals surface area contributed by atoms with Crippen LogP contribution < -0.4 is 0 Å². The lowest BCUT2D eigenvalue weighted by Gasteiger charge is -2.52. The molecule has 4 aliphatic carbocycles. The third-order valence-corrected chi connectivity index (χ3v) is 8.28. The molecule has 4 aliphatic rings. The Bertz CT molecular complexity index is 714. The van der Waals surface area contributed by atoms with E-state index < -0.39 is 0 Å². The van der Waals surface area contributed by atoms with Crippen molar-refractivity contribution >= 4 is 0 Å². The molecule has 0 heterocycles. The molecule has 0 N–H and O–H groups in total. The first-order valence-electron chi connectivity index (χ1n) is 10.3. The van der Waals surface area contributed by atoms with Crippen molar-refractivity contribution in [2.75, 3.05) is 0 Å². The van der Waals surface area contributed by atoms with Gasteiger partial charge >= 0.3 is 0 Å². The normalized spacial score (nSPS) is 45.2. The maximum atomic E-state index is 4.48. The van der Waals surface area contributed by atoms with Crippen LogP contribution in [0.2, 0.25) is 0 Å². The van der Waals surface area contributed by atoms with Gasteiger partial charge in [-0.15, -0.1) is 0 Å². The molecule has 6 unspecified atom stereocenters. The molecule has 0 aromatic carbocycles. The molecule has 0 aromatic heterocycles. The van der Waals surface area contributed by atoms with Crippen LogP contribution in [0.5, 0.6) is 0 Å². The number of allylic oxidation sites excluding steroid dienone is 8. The molecule has 0 aromatic rings. The molecule has 2 fully saturated rings. The zero-order valence-corrected chi connectivity index (χ0v) is 16.6. The van der Waals surface area contributed by atoms with Gasteiger partial charge in [-0.3, -0.25) is 0 Å². The van der Waals surface area contributed by atoms with Crippen LogP contribution in [0.4, 0.5) is 0 Å². The van der Waals surface area contributed by atoms with Gasteiger partial charge < -0.3 is 0 Å². The number of hydrogen-bond acceptors (Lipinski definition) is 0. The Hall–Kier alpha value is -1.30. The second kappa shape index (κ2) is 5.60. The topological polar surface area (TPSA) is 0 Å². The SMILES string of the molecule is C=C1C=CC2(C)C(=C1)CCC1C2=CCC2(C)C1CC(C)C2C(=C)CC. The minimum absolute atomic E-state index is 0.147. The first-order valence-corrected chi connectivity index (χ1v) is 10.3. The molecule has 25 heavy (non-hydrogen) atoms. The van der Waals surface area contributed by atoms with Gasteiger partial charge in [-0.05, 0) is 73.7 Å². The Morgan fingerprint density at radius 2 is 2.08 bits per heavy atom. The summed E-state index contributed by atoms with van der Waals surface area (Å²) in [4.78, 5) is 0. The Labute approximate surface area is 154 Å². The summed E-state index contributed by atoms with van der Waals surface area (Å²) in [6, 6.07) is 0. The fourth-order valence-electron chi connectivity index (χ4n) is 7.06. The van der Waals surface area contributed by atoms with E-state index in [-0.39, 0.29) is 5.41 Å². The van der Waals surface area contributed by atoms with Crippen LogP contribution in [0, 0.1) is 34.5 Å². The third-order valence-electron chi connectivity index (χ3n) is 8.28. The van der Waals surface area contributed by atoms with E-state index in [0.717, 1.165) is 24.2 Å². The highest BCUT2D eigenvalue weighted by Gasteiger charge is 2.57. The van der Waals surface area contributed by atoms with E-state index in [4.69, 9.17) is 0 Å². The van der Waals surface area contributed by atoms with Crippen molar-refractivity contribution in [3.8, 4) is 0 Å². The van der Waals surface area contributed by atoms with E-state index in [0.29, 0.717) is 11.3 Å². The molecule has 0 aliphatic heterocycles. The zero-order chi connectivity index (χ0) is 18.0. The van der Waals surface area contributed by atoms with Crippen molar-refractivity contribution in [2.24, 2.45) is 34.5 Å². The molecule has 0 nitrogen and oxygen atoms in total. The zero-order valence-electron chi connectivity index (χ0n) is 16.6. The largest absolute Gasteiger partial charge is 0.0996 e. The van der Waals surface area contributed by atoms with Gasteiger partial charge in [0.05, 0.1) is 0 Å². The molecule has 134 valence electrons. The van der Waals surface area contributed by atoms with Crippen LogP contribution in [-0.2, 0) is 0 Å². The van der Waals surface area contributed by atoms with Crippen LogP contribution in [-0.4, -0.2) is 0 Å². The fourth-order valence-corrected chi connectivity index (χ4v) is 7.06. The second-order valence-electron chi connectivity index (χ2n) is 9.60. The van der Waals surface area contributed by atoms with Crippen molar-refractivity contribution in [3.63, 3.8) is 0 Å². The van der Waals surface area contributed by atoms with E-state index >= 15 is 0 Å². The van der Waals surface area contributed by atoms with E-state index in [1.54, 1.807) is 11.1 Å². The van der Waals surface area contributed by atoms with Gasteiger partial charge in [0.15, 0.2) is 0 Å². The molecule has 0 bridgehead atoms. The van der Waals surface area contributed by atoms with Crippen LogP contribution in [0.1, 0.15) is 59.8 Å². The van der Waals surface area contributed by atoms with Gasteiger partial charge in [0.1, 0.15) is 0 Å². The van der Waals surface area contributed by atoms with Gasteiger partial charge in [-0.25, -0.2) is 0 Å². The highest BCUT2D eigenvalue weighted by atomic mass is 14.6. The van der Waals surface area contributed by atoms with Crippen molar-refractivity contribution < 1.29 is 0 Å². The van der Waals surface area contributed by atoms with Gasteiger partial charge in [0.25, 0.3) is 0 Å². The van der Waals surface area contributed by atoms with Crippen molar-refractivity contribution in [1.29, 1.82) is 0 Å². The Balaban J connectivity index is 1.75. The summed E-state index contributed by atoms with van der Waals surface area (Å²) >= 11 is 0. The van der Waals surface area contributed by atoms with Crippen LogP contribution in [0.3, 0.4) is 0 Å². The minimum atomic E-state index is 0.147. The Kier molecular flexibility index (Phi) is 3.84. The molecule has 0 saturated heterocycles. The number of hydrogen-bond donors (Lipinski definition) is 0. The quantitative estimate of drug-likeness (QED) is 0.475. The molecule has 0 heteroatoms. The predicted octanol–water partition coefficient (Wildman–Crippen LogP) is 7.03. The highest BCUT2D eigenvalue weighted by Crippen LogP contribution is 2.66. The maximum absolute atomic E-state index is 4.48. The lowest BCUT2D eigenvalue weighted by Crippen LogP contribution is -2.43. The fraction of sp³-hybridized carbons (Fsp3) is 0.600. The summed E-state index contributed by atoms with van der Waals surface area (Å²) in [6.45, 7) is 18.4. The van der Waals surface area contributed by atoms with Crippen molar-refractivity contribution in [2.45, 2.75) is 59.8 Å². The number of rotatable bonds is 2. The van der Waals surface area contributed by atoms with E-state index in [1.165, 1.54) is 36.8 Å². The molecule has 0 radical (unpaired) electrons. The lowest BCUT2D eigenvalue weighted by molar-refractivity contribution is 0.102. The van der Waals surface area contributed by atoms with Crippen molar-refractivity contribution in [3.05, 3.63) is 59.8 Å². The Morgan fingerprint density at radius 3 is 2.80 bits per heavy atom. The summed E-state index contributed by atoms with van der Waals surface area (Å²) in [5, 5.41) is 0. The molecule has 0 spiro atoms. The third kappa shape index (κ3) is 2.25. The minimum Gasteiger partial charge on any atom is -0.0996 e. The van der Waals surface area contributed by atoms with Gasteiger partial charge in [0.2, 0.25) is 0 Å². The second-order valence-corrected chi connectivity index (χ2v) is 9.60. The summed E-state index contributed by atoms with van der Waals surface area (Å²) in [5.74, 6) is 3.06. The van der Waals surface area contributed by atoms with Gasteiger partial charge in [-0.1, -0.05) is 75.0 Å². The number of fused-ring (bicyclic) bond motifs is 5. The molecule has 4 rings (SSSR count). The van der Waals surface area contributed by atoms with Crippen molar-refractivity contribution in [1.82, 2.24) is 0 Å². The Morgan fingerprint density at radius 1 is 1.32 bits per heavy atom. The summed E-state index contributed by atoms with van der Waals surface area (Å²) in [7, 11) is 0. The highest BCUT2D eigenvalue weighted by molar-refractivity contribution is 5.50. The summed E-state index contributed by atoms with van der Waals surface area (Å²) < 4.78 is 0. The monoisotopic (exact) mass is 334 g/mol. The smallest absolute Gasteiger partial charge is 0.0281 e. The van der Waals surface area contributed by atoms with Crippen LogP contribution in [0.15, 0.2) is 59.8 Å². The summed E-state index contributed by atoms with van der Waals surface area (Å²) in [6.07, 6.45) is 16.0. The molecule has 2 saturated carbocycles. The van der Waals surface area contributed by atoms with E-state index in [1.807, 2.05) is 0 Å². The predicted molar refractivity (Wildman–Crippen MR) is 108 cm³/mol. The van der Waals surface area contributed by atoms with E-state index in [2.05, 4.69) is 65.2 Å². The lowest BCUT2D eigenvalue weighted by atomic mass is 9.52. The average molecular weight is 335 g/mol. The maximum Gasteiger partial charge on any atom is 0.0281 e. The standard InChI is InChI=1S/C25H34/c1-7-17(3)23-18(4)15-22-20-9-8-19-14-16(2)10-12-24(19,5)21(20)11-13-25(22,23)6/h10-12,14,18,20,22-23H,2-3,7-9,13,15H2,1,4-6H3.